The topological polar surface area (TPSA) is 37.8 Å². The molecule has 1 aliphatic carbocycles. The van der Waals surface area contributed by atoms with E-state index >= 15 is 0 Å². The van der Waals surface area contributed by atoms with E-state index in [0.29, 0.717) is 13.0 Å². The molecule has 6 heteroatoms. The highest BCUT2D eigenvalue weighted by atomic mass is 19.4. The highest BCUT2D eigenvalue weighted by Gasteiger charge is 2.29. The number of aromatic nitrogens is 2. The van der Waals surface area contributed by atoms with Crippen LogP contribution in [0.5, 0.6) is 0 Å². The zero-order chi connectivity index (χ0) is 15.6. The van der Waals surface area contributed by atoms with Gasteiger partial charge in [0.1, 0.15) is 12.1 Å². The Labute approximate surface area is 126 Å². The predicted octanol–water partition coefficient (Wildman–Crippen LogP) is 3.64. The molecule has 116 valence electrons. The van der Waals surface area contributed by atoms with Crippen LogP contribution in [-0.4, -0.2) is 16.5 Å². The highest BCUT2D eigenvalue weighted by Crippen LogP contribution is 2.29. The van der Waals surface area contributed by atoms with E-state index < -0.39 is 11.7 Å². The lowest BCUT2D eigenvalue weighted by molar-refractivity contribution is -0.137. The SMILES string of the molecule is FC(F)(F)c1ccc(CCNc2ncnc3c2CCC3)cc1. The van der Waals surface area contributed by atoms with Gasteiger partial charge in [-0.3, -0.25) is 0 Å². The summed E-state index contributed by atoms with van der Waals surface area (Å²) >= 11 is 0. The first kappa shape index (κ1) is 14.8. The van der Waals surface area contributed by atoms with Crippen molar-refractivity contribution in [1.82, 2.24) is 9.97 Å². The Morgan fingerprint density at radius 2 is 1.82 bits per heavy atom. The fourth-order valence-electron chi connectivity index (χ4n) is 2.70. The van der Waals surface area contributed by atoms with Gasteiger partial charge in [-0.05, 0) is 43.4 Å². The van der Waals surface area contributed by atoms with Gasteiger partial charge >= 0.3 is 6.18 Å². The van der Waals surface area contributed by atoms with Crippen LogP contribution in [0.15, 0.2) is 30.6 Å². The maximum atomic E-state index is 12.5. The van der Waals surface area contributed by atoms with E-state index in [1.54, 1.807) is 6.33 Å². The number of nitrogens with zero attached hydrogens (tertiary/aromatic N) is 2. The molecule has 0 spiro atoms. The normalized spacial score (nSPS) is 14.0. The summed E-state index contributed by atoms with van der Waals surface area (Å²) in [6, 6.07) is 5.29. The first-order chi connectivity index (χ1) is 10.5. The number of aryl methyl sites for hydroxylation is 1. The number of halogens is 3. The summed E-state index contributed by atoms with van der Waals surface area (Å²) in [5.41, 5.74) is 2.53. The minimum atomic E-state index is -4.28. The monoisotopic (exact) mass is 307 g/mol. The molecule has 0 radical (unpaired) electrons. The molecule has 1 aromatic carbocycles. The quantitative estimate of drug-likeness (QED) is 0.937. The van der Waals surface area contributed by atoms with Crippen molar-refractivity contribution >= 4 is 5.82 Å². The highest BCUT2D eigenvalue weighted by molar-refractivity contribution is 5.48. The minimum Gasteiger partial charge on any atom is -0.369 e. The van der Waals surface area contributed by atoms with Gasteiger partial charge in [-0.25, -0.2) is 9.97 Å². The largest absolute Gasteiger partial charge is 0.416 e. The summed E-state index contributed by atoms with van der Waals surface area (Å²) in [5.74, 6) is 0.856. The average molecular weight is 307 g/mol. The fourth-order valence-corrected chi connectivity index (χ4v) is 2.70. The Morgan fingerprint density at radius 3 is 2.55 bits per heavy atom. The minimum absolute atomic E-state index is 0.613. The fraction of sp³-hybridized carbons (Fsp3) is 0.375. The Morgan fingerprint density at radius 1 is 1.05 bits per heavy atom. The van der Waals surface area contributed by atoms with Crippen molar-refractivity contribution in [3.05, 3.63) is 53.0 Å². The van der Waals surface area contributed by atoms with Crippen molar-refractivity contribution in [3.8, 4) is 0 Å². The van der Waals surface area contributed by atoms with E-state index in [4.69, 9.17) is 0 Å². The predicted molar refractivity (Wildman–Crippen MR) is 77.7 cm³/mol. The van der Waals surface area contributed by atoms with E-state index in [1.165, 1.54) is 17.7 Å². The number of hydrogen-bond acceptors (Lipinski definition) is 3. The molecule has 3 nitrogen and oxygen atoms in total. The van der Waals surface area contributed by atoms with E-state index in [9.17, 15) is 13.2 Å². The van der Waals surface area contributed by atoms with Gasteiger partial charge in [-0.1, -0.05) is 12.1 Å². The molecular formula is C16H16F3N3. The summed E-state index contributed by atoms with van der Waals surface area (Å²) < 4.78 is 37.5. The van der Waals surface area contributed by atoms with Crippen molar-refractivity contribution in [2.45, 2.75) is 31.9 Å². The van der Waals surface area contributed by atoms with Crippen LogP contribution in [0.2, 0.25) is 0 Å². The van der Waals surface area contributed by atoms with Crippen LogP contribution in [0.25, 0.3) is 0 Å². The van der Waals surface area contributed by atoms with Crippen LogP contribution < -0.4 is 5.32 Å². The zero-order valence-electron chi connectivity index (χ0n) is 12.0. The summed E-state index contributed by atoms with van der Waals surface area (Å²) in [6.45, 7) is 0.634. The van der Waals surface area contributed by atoms with Crippen LogP contribution in [0.4, 0.5) is 19.0 Å². The van der Waals surface area contributed by atoms with Gasteiger partial charge in [0.05, 0.1) is 5.56 Å². The average Bonchev–Trinajstić information content (AvgIpc) is 2.96. The van der Waals surface area contributed by atoms with Gasteiger partial charge in [-0.15, -0.1) is 0 Å². The van der Waals surface area contributed by atoms with Crippen LogP contribution in [0.3, 0.4) is 0 Å². The molecular weight excluding hydrogens is 291 g/mol. The molecule has 0 saturated heterocycles. The summed E-state index contributed by atoms with van der Waals surface area (Å²) in [5, 5.41) is 3.27. The number of anilines is 1. The van der Waals surface area contributed by atoms with Gasteiger partial charge in [0, 0.05) is 17.8 Å². The maximum absolute atomic E-state index is 12.5. The molecule has 3 rings (SSSR count). The van der Waals surface area contributed by atoms with Crippen molar-refractivity contribution in [2.24, 2.45) is 0 Å². The standard InChI is InChI=1S/C16H16F3N3/c17-16(18,19)12-6-4-11(5-7-12)8-9-20-15-13-2-1-3-14(13)21-10-22-15/h4-7,10H,1-3,8-9H2,(H,20,21,22). The van der Waals surface area contributed by atoms with Gasteiger partial charge in [0.2, 0.25) is 0 Å². The van der Waals surface area contributed by atoms with Gasteiger partial charge < -0.3 is 5.32 Å². The Bertz CT molecular complexity index is 651. The molecule has 0 aliphatic heterocycles. The molecule has 1 heterocycles. The Hall–Kier alpha value is -2.11. The van der Waals surface area contributed by atoms with Gasteiger partial charge in [-0.2, -0.15) is 13.2 Å². The number of fused-ring (bicyclic) bond motifs is 1. The molecule has 1 aliphatic rings. The lowest BCUT2D eigenvalue weighted by Crippen LogP contribution is -2.10. The molecule has 22 heavy (non-hydrogen) atoms. The first-order valence-corrected chi connectivity index (χ1v) is 7.27. The second-order valence-corrected chi connectivity index (χ2v) is 5.37. The van der Waals surface area contributed by atoms with Gasteiger partial charge in [0.25, 0.3) is 0 Å². The lowest BCUT2D eigenvalue weighted by atomic mass is 10.1. The van der Waals surface area contributed by atoms with Crippen molar-refractivity contribution in [2.75, 3.05) is 11.9 Å². The van der Waals surface area contributed by atoms with Crippen LogP contribution in [0, 0.1) is 0 Å². The number of rotatable bonds is 4. The maximum Gasteiger partial charge on any atom is 0.416 e. The van der Waals surface area contributed by atoms with Crippen LogP contribution >= 0.6 is 0 Å². The lowest BCUT2D eigenvalue weighted by Gasteiger charge is -2.10. The molecule has 2 aromatic rings. The molecule has 0 saturated carbocycles. The summed E-state index contributed by atoms with van der Waals surface area (Å²) in [6.07, 6.45) is 1.01. The number of benzene rings is 1. The van der Waals surface area contributed by atoms with E-state index in [2.05, 4.69) is 15.3 Å². The molecule has 1 N–H and O–H groups in total. The first-order valence-electron chi connectivity index (χ1n) is 7.27. The zero-order valence-corrected chi connectivity index (χ0v) is 12.0. The van der Waals surface area contributed by atoms with Crippen molar-refractivity contribution < 1.29 is 13.2 Å². The molecule has 1 aromatic heterocycles. The molecule has 0 bridgehead atoms. The molecule has 0 unspecified atom stereocenters. The van der Waals surface area contributed by atoms with Crippen LogP contribution in [0.1, 0.15) is 28.8 Å². The summed E-state index contributed by atoms with van der Waals surface area (Å²) in [4.78, 5) is 8.52. The second-order valence-electron chi connectivity index (χ2n) is 5.37. The molecule has 0 atom stereocenters. The Kier molecular flexibility index (Phi) is 4.00. The number of nitrogens with one attached hydrogen (secondary N) is 1. The smallest absolute Gasteiger partial charge is 0.369 e. The molecule has 0 amide bonds. The third-order valence-corrected chi connectivity index (χ3v) is 3.86. The third kappa shape index (κ3) is 3.21. The van der Waals surface area contributed by atoms with Crippen molar-refractivity contribution in [1.29, 1.82) is 0 Å². The number of hydrogen-bond donors (Lipinski definition) is 1. The van der Waals surface area contributed by atoms with Crippen molar-refractivity contribution in [3.63, 3.8) is 0 Å². The Balaban J connectivity index is 1.59. The molecule has 0 fully saturated rings. The number of alkyl halides is 3. The van der Waals surface area contributed by atoms with Gasteiger partial charge in [0.15, 0.2) is 0 Å². The van der Waals surface area contributed by atoms with E-state index in [-0.39, 0.29) is 0 Å². The van der Waals surface area contributed by atoms with E-state index in [0.717, 1.165) is 48.5 Å². The third-order valence-electron chi connectivity index (χ3n) is 3.86. The summed E-state index contributed by atoms with van der Waals surface area (Å²) in [7, 11) is 0. The second kappa shape index (κ2) is 5.94. The van der Waals surface area contributed by atoms with Crippen LogP contribution in [-0.2, 0) is 25.4 Å². The van der Waals surface area contributed by atoms with E-state index in [1.807, 2.05) is 0 Å².